The van der Waals surface area contributed by atoms with Crippen molar-refractivity contribution in [3.05, 3.63) is 42.4 Å². The summed E-state index contributed by atoms with van der Waals surface area (Å²) in [5, 5.41) is 0. The number of hydrogen-bond donors (Lipinski definition) is 1. The monoisotopic (exact) mass is 185 g/mol. The Balaban J connectivity index is 2.55. The van der Waals surface area contributed by atoms with Gasteiger partial charge in [0.05, 0.1) is 0 Å². The largest absolute Gasteiger partial charge is 0.384 e. The molecule has 0 aromatic carbocycles. The van der Waals surface area contributed by atoms with E-state index in [2.05, 4.69) is 9.97 Å². The molecule has 3 nitrogen and oxygen atoms in total. The van der Waals surface area contributed by atoms with E-state index in [9.17, 15) is 0 Å². The van der Waals surface area contributed by atoms with E-state index in [4.69, 9.17) is 5.73 Å². The van der Waals surface area contributed by atoms with Gasteiger partial charge in [0, 0.05) is 18.6 Å². The van der Waals surface area contributed by atoms with E-state index in [0.29, 0.717) is 5.82 Å². The molecular weight excluding hydrogens is 174 g/mol. The lowest BCUT2D eigenvalue weighted by atomic mass is 10.0. The average molecular weight is 185 g/mol. The molecule has 2 rings (SSSR count). The molecule has 70 valence electrons. The van der Waals surface area contributed by atoms with Gasteiger partial charge in [-0.2, -0.15) is 0 Å². The Kier molecular flexibility index (Phi) is 2.14. The van der Waals surface area contributed by atoms with Crippen LogP contribution in [-0.4, -0.2) is 9.97 Å². The fourth-order valence-electron chi connectivity index (χ4n) is 1.41. The molecule has 0 aliphatic rings. The predicted octanol–water partition coefficient (Wildman–Crippen LogP) is 2.03. The Morgan fingerprint density at radius 2 is 2.07 bits per heavy atom. The Labute approximate surface area is 82.6 Å². The zero-order chi connectivity index (χ0) is 9.97. The van der Waals surface area contributed by atoms with Crippen LogP contribution in [0, 0.1) is 6.92 Å². The highest BCUT2D eigenvalue weighted by Crippen LogP contribution is 2.22. The van der Waals surface area contributed by atoms with Gasteiger partial charge in [0.1, 0.15) is 5.82 Å². The summed E-state index contributed by atoms with van der Waals surface area (Å²) in [7, 11) is 0. The molecule has 0 saturated heterocycles. The summed E-state index contributed by atoms with van der Waals surface area (Å²) in [4.78, 5) is 8.00. The summed E-state index contributed by atoms with van der Waals surface area (Å²) in [6.07, 6.45) is 5.33. The van der Waals surface area contributed by atoms with Crippen LogP contribution < -0.4 is 5.73 Å². The van der Waals surface area contributed by atoms with Gasteiger partial charge in [0.25, 0.3) is 0 Å². The zero-order valence-corrected chi connectivity index (χ0v) is 7.94. The van der Waals surface area contributed by atoms with E-state index in [0.717, 1.165) is 16.7 Å². The summed E-state index contributed by atoms with van der Waals surface area (Å²) in [6, 6.07) is 5.78. The maximum atomic E-state index is 5.62. The van der Waals surface area contributed by atoms with Crippen molar-refractivity contribution in [1.29, 1.82) is 0 Å². The van der Waals surface area contributed by atoms with Crippen molar-refractivity contribution in [2.45, 2.75) is 6.92 Å². The molecule has 0 amide bonds. The first-order valence-corrected chi connectivity index (χ1v) is 4.40. The number of nitrogens with two attached hydrogens (primary N) is 1. The van der Waals surface area contributed by atoms with Gasteiger partial charge in [-0.3, -0.25) is 4.98 Å². The lowest BCUT2D eigenvalue weighted by Crippen LogP contribution is -1.90. The van der Waals surface area contributed by atoms with Crippen LogP contribution in [0.1, 0.15) is 5.56 Å². The molecule has 0 atom stereocenters. The smallest absolute Gasteiger partial charge is 0.123 e. The van der Waals surface area contributed by atoms with Gasteiger partial charge >= 0.3 is 0 Å². The minimum atomic E-state index is 0.540. The molecule has 2 heterocycles. The van der Waals surface area contributed by atoms with Crippen LogP contribution in [0.25, 0.3) is 11.1 Å². The van der Waals surface area contributed by atoms with Crippen LogP contribution >= 0.6 is 0 Å². The highest BCUT2D eigenvalue weighted by atomic mass is 14.8. The number of nitrogen functional groups attached to an aromatic ring is 1. The van der Waals surface area contributed by atoms with Crippen molar-refractivity contribution >= 4 is 5.82 Å². The van der Waals surface area contributed by atoms with Crippen LogP contribution in [0.3, 0.4) is 0 Å². The lowest BCUT2D eigenvalue weighted by molar-refractivity contribution is 1.26. The first-order valence-electron chi connectivity index (χ1n) is 4.40. The molecule has 0 aliphatic heterocycles. The SMILES string of the molecule is Cc1cnccc1-c1ccnc(N)c1. The Morgan fingerprint density at radius 1 is 1.21 bits per heavy atom. The molecule has 0 fully saturated rings. The molecule has 2 N–H and O–H groups in total. The highest BCUT2D eigenvalue weighted by Gasteiger charge is 2.01. The number of nitrogens with zero attached hydrogens (tertiary/aromatic N) is 2. The fourth-order valence-corrected chi connectivity index (χ4v) is 1.41. The number of anilines is 1. The minimum absolute atomic E-state index is 0.540. The van der Waals surface area contributed by atoms with Crippen LogP contribution in [0.15, 0.2) is 36.8 Å². The molecular formula is C11H11N3. The molecule has 0 aliphatic carbocycles. The highest BCUT2D eigenvalue weighted by molar-refractivity contribution is 5.68. The first-order chi connectivity index (χ1) is 6.77. The number of pyridine rings is 2. The van der Waals surface area contributed by atoms with Crippen molar-refractivity contribution in [2.24, 2.45) is 0 Å². The maximum absolute atomic E-state index is 5.62. The molecule has 0 spiro atoms. The normalized spacial score (nSPS) is 10.1. The van der Waals surface area contributed by atoms with Crippen molar-refractivity contribution in [3.8, 4) is 11.1 Å². The zero-order valence-electron chi connectivity index (χ0n) is 7.94. The third-order valence-electron chi connectivity index (χ3n) is 2.11. The third kappa shape index (κ3) is 1.57. The van der Waals surface area contributed by atoms with E-state index in [1.54, 1.807) is 12.4 Å². The van der Waals surface area contributed by atoms with Crippen LogP contribution in [-0.2, 0) is 0 Å². The number of aryl methyl sites for hydroxylation is 1. The topological polar surface area (TPSA) is 51.8 Å². The molecule has 14 heavy (non-hydrogen) atoms. The summed E-state index contributed by atoms with van der Waals surface area (Å²) >= 11 is 0. The van der Waals surface area contributed by atoms with Gasteiger partial charge in [-0.05, 0) is 41.8 Å². The van der Waals surface area contributed by atoms with Gasteiger partial charge in [0.2, 0.25) is 0 Å². The van der Waals surface area contributed by atoms with E-state index >= 15 is 0 Å². The Bertz CT molecular complexity index is 452. The van der Waals surface area contributed by atoms with Gasteiger partial charge in [-0.25, -0.2) is 4.98 Å². The molecule has 0 bridgehead atoms. The standard InChI is InChI=1S/C11H11N3/c1-8-7-13-4-3-10(8)9-2-5-14-11(12)6-9/h2-7H,1H3,(H2,12,14). The molecule has 0 saturated carbocycles. The van der Waals surface area contributed by atoms with Gasteiger partial charge in [-0.15, -0.1) is 0 Å². The average Bonchev–Trinajstić information content (AvgIpc) is 2.18. The molecule has 2 aromatic rings. The molecule has 2 aromatic heterocycles. The first kappa shape index (κ1) is 8.69. The number of rotatable bonds is 1. The number of aromatic nitrogens is 2. The second kappa shape index (κ2) is 3.46. The second-order valence-corrected chi connectivity index (χ2v) is 3.16. The molecule has 3 heteroatoms. The fraction of sp³-hybridized carbons (Fsp3) is 0.0909. The minimum Gasteiger partial charge on any atom is -0.384 e. The molecule has 0 radical (unpaired) electrons. The summed E-state index contributed by atoms with van der Waals surface area (Å²) < 4.78 is 0. The lowest BCUT2D eigenvalue weighted by Gasteiger charge is -2.04. The summed E-state index contributed by atoms with van der Waals surface area (Å²) in [6.45, 7) is 2.03. The van der Waals surface area contributed by atoms with E-state index in [1.165, 1.54) is 0 Å². The van der Waals surface area contributed by atoms with E-state index in [1.807, 2.05) is 31.3 Å². The second-order valence-electron chi connectivity index (χ2n) is 3.16. The Morgan fingerprint density at radius 3 is 2.79 bits per heavy atom. The van der Waals surface area contributed by atoms with Crippen LogP contribution in [0.2, 0.25) is 0 Å². The van der Waals surface area contributed by atoms with Gasteiger partial charge in [-0.1, -0.05) is 0 Å². The van der Waals surface area contributed by atoms with Crippen LogP contribution in [0.5, 0.6) is 0 Å². The quantitative estimate of drug-likeness (QED) is 0.739. The van der Waals surface area contributed by atoms with Crippen molar-refractivity contribution in [2.75, 3.05) is 5.73 Å². The van der Waals surface area contributed by atoms with Gasteiger partial charge in [0.15, 0.2) is 0 Å². The molecule has 0 unspecified atom stereocenters. The maximum Gasteiger partial charge on any atom is 0.123 e. The van der Waals surface area contributed by atoms with Gasteiger partial charge < -0.3 is 5.73 Å². The predicted molar refractivity (Wildman–Crippen MR) is 56.6 cm³/mol. The van der Waals surface area contributed by atoms with Crippen molar-refractivity contribution in [3.63, 3.8) is 0 Å². The Hall–Kier alpha value is -1.90. The third-order valence-corrected chi connectivity index (χ3v) is 2.11. The van der Waals surface area contributed by atoms with Crippen molar-refractivity contribution in [1.82, 2.24) is 9.97 Å². The van der Waals surface area contributed by atoms with Crippen molar-refractivity contribution < 1.29 is 0 Å². The van der Waals surface area contributed by atoms with Crippen LogP contribution in [0.4, 0.5) is 5.82 Å². The number of hydrogen-bond acceptors (Lipinski definition) is 3. The summed E-state index contributed by atoms with van der Waals surface area (Å²) in [5.74, 6) is 0.540. The van der Waals surface area contributed by atoms with E-state index < -0.39 is 0 Å². The van der Waals surface area contributed by atoms with E-state index in [-0.39, 0.29) is 0 Å². The summed E-state index contributed by atoms with van der Waals surface area (Å²) in [5.41, 5.74) is 8.98.